The highest BCUT2D eigenvalue weighted by atomic mass is 79.9. The zero-order chi connectivity index (χ0) is 20.5. The third-order valence-corrected chi connectivity index (χ3v) is 8.99. The topological polar surface area (TPSA) is 46.3 Å². The van der Waals surface area contributed by atoms with Gasteiger partial charge in [0.1, 0.15) is 13.7 Å². The Morgan fingerprint density at radius 1 is 1.03 bits per heavy atom. The molecule has 1 heterocycles. The molecule has 1 amide bonds. The summed E-state index contributed by atoms with van der Waals surface area (Å²) in [4.78, 5) is 13.9. The van der Waals surface area contributed by atoms with E-state index in [9.17, 15) is 4.79 Å². The molecule has 0 aromatic heterocycles. The summed E-state index contributed by atoms with van der Waals surface area (Å²) < 4.78 is 1.11. The SMILES string of the molecule is CCN(CC)c1ccc(C2=[P+](CCC(N)=O)c3ccc(Br)c4cccc2c34)cc1. The number of carbonyl (C=O) groups excluding carboxylic acids is 1. The second-order valence-electron chi connectivity index (χ2n) is 7.23. The van der Waals surface area contributed by atoms with Crippen molar-refractivity contribution in [2.24, 2.45) is 5.73 Å². The maximum Gasteiger partial charge on any atom is 0.221 e. The molecule has 4 rings (SSSR count). The van der Waals surface area contributed by atoms with Gasteiger partial charge in [-0.15, -0.1) is 0 Å². The van der Waals surface area contributed by atoms with E-state index in [0.29, 0.717) is 6.42 Å². The third kappa shape index (κ3) is 3.60. The van der Waals surface area contributed by atoms with Crippen molar-refractivity contribution in [1.29, 1.82) is 0 Å². The van der Waals surface area contributed by atoms with E-state index in [-0.39, 0.29) is 5.91 Å². The molecule has 0 radical (unpaired) electrons. The van der Waals surface area contributed by atoms with Crippen molar-refractivity contribution >= 4 is 56.4 Å². The fraction of sp³-hybridized carbons (Fsp3) is 0.250. The molecule has 0 fully saturated rings. The van der Waals surface area contributed by atoms with E-state index in [1.807, 2.05) is 0 Å². The van der Waals surface area contributed by atoms with Gasteiger partial charge in [-0.05, 0) is 56.3 Å². The lowest BCUT2D eigenvalue weighted by atomic mass is 9.98. The highest BCUT2D eigenvalue weighted by Gasteiger charge is 2.35. The minimum atomic E-state index is -0.626. The molecular formula is C24H25BrN2OP+. The van der Waals surface area contributed by atoms with Crippen LogP contribution < -0.4 is 15.9 Å². The van der Waals surface area contributed by atoms with E-state index < -0.39 is 7.55 Å². The summed E-state index contributed by atoms with van der Waals surface area (Å²) in [6, 6.07) is 19.8. The number of hydrogen-bond acceptors (Lipinski definition) is 2. The summed E-state index contributed by atoms with van der Waals surface area (Å²) in [7, 11) is -0.626. The minimum absolute atomic E-state index is 0.229. The monoisotopic (exact) mass is 467 g/mol. The molecule has 29 heavy (non-hydrogen) atoms. The van der Waals surface area contributed by atoms with Gasteiger partial charge in [0.25, 0.3) is 0 Å². The Balaban J connectivity index is 1.88. The summed E-state index contributed by atoms with van der Waals surface area (Å²) in [5, 5.41) is 5.28. The molecule has 3 aromatic carbocycles. The Morgan fingerprint density at radius 2 is 1.76 bits per heavy atom. The van der Waals surface area contributed by atoms with Crippen molar-refractivity contribution in [1.82, 2.24) is 0 Å². The Labute approximate surface area is 181 Å². The highest BCUT2D eigenvalue weighted by Crippen LogP contribution is 2.43. The van der Waals surface area contributed by atoms with E-state index in [1.54, 1.807) is 0 Å². The van der Waals surface area contributed by atoms with Crippen LogP contribution >= 0.6 is 23.5 Å². The number of halogens is 1. The van der Waals surface area contributed by atoms with Gasteiger partial charge < -0.3 is 10.6 Å². The van der Waals surface area contributed by atoms with Gasteiger partial charge >= 0.3 is 0 Å². The maximum absolute atomic E-state index is 11.6. The van der Waals surface area contributed by atoms with Crippen LogP contribution in [-0.4, -0.2) is 30.5 Å². The smallest absolute Gasteiger partial charge is 0.221 e. The summed E-state index contributed by atoms with van der Waals surface area (Å²) >= 11 is 3.71. The number of nitrogens with two attached hydrogens (primary N) is 1. The zero-order valence-electron chi connectivity index (χ0n) is 16.8. The summed E-state index contributed by atoms with van der Waals surface area (Å²) in [5.74, 6) is -0.229. The number of anilines is 1. The molecule has 1 unspecified atom stereocenters. The van der Waals surface area contributed by atoms with Crippen LogP contribution in [0.1, 0.15) is 31.4 Å². The van der Waals surface area contributed by atoms with Crippen LogP contribution in [0.3, 0.4) is 0 Å². The summed E-state index contributed by atoms with van der Waals surface area (Å²) in [6.45, 7) is 6.36. The van der Waals surface area contributed by atoms with Gasteiger partial charge in [-0.1, -0.05) is 28.1 Å². The van der Waals surface area contributed by atoms with Crippen LogP contribution in [0.4, 0.5) is 5.69 Å². The van der Waals surface area contributed by atoms with Gasteiger partial charge in [-0.3, -0.25) is 4.79 Å². The van der Waals surface area contributed by atoms with Crippen LogP contribution in [-0.2, 0) is 4.79 Å². The maximum atomic E-state index is 11.6. The second-order valence-corrected chi connectivity index (χ2v) is 10.3. The standard InChI is InChI=1S/C24H24BrN2OP/c1-3-27(4-2)17-10-8-16(9-11-17)24-19-7-5-6-18-20(25)12-13-21(23(18)19)29(24)15-14-22(26)28/h5-13H,3-4,14-15H2,1-2H3,(H-,26,28)/p+1. The van der Waals surface area contributed by atoms with Gasteiger partial charge in [0, 0.05) is 45.1 Å². The molecular weight excluding hydrogens is 443 g/mol. The van der Waals surface area contributed by atoms with Crippen LogP contribution in [0.5, 0.6) is 0 Å². The van der Waals surface area contributed by atoms with Crippen molar-refractivity contribution in [3.05, 3.63) is 70.2 Å². The molecule has 0 saturated carbocycles. The molecule has 0 bridgehead atoms. The summed E-state index contributed by atoms with van der Waals surface area (Å²) in [5.41, 5.74) is 9.30. The van der Waals surface area contributed by atoms with E-state index in [4.69, 9.17) is 5.73 Å². The number of carbonyl (C=O) groups is 1. The molecule has 0 spiro atoms. The van der Waals surface area contributed by atoms with E-state index in [0.717, 1.165) is 23.7 Å². The average Bonchev–Trinajstić information content (AvgIpc) is 3.05. The molecule has 3 aromatic rings. The minimum Gasteiger partial charge on any atom is -0.372 e. The zero-order valence-corrected chi connectivity index (χ0v) is 19.3. The molecule has 3 nitrogen and oxygen atoms in total. The number of rotatable bonds is 7. The Morgan fingerprint density at radius 3 is 2.41 bits per heavy atom. The normalized spacial score (nSPS) is 13.9. The van der Waals surface area contributed by atoms with Crippen molar-refractivity contribution < 1.29 is 4.79 Å². The van der Waals surface area contributed by atoms with Gasteiger partial charge in [-0.25, -0.2) is 0 Å². The predicted octanol–water partition coefficient (Wildman–Crippen LogP) is 5.01. The Hall–Kier alpha value is -2.16. The number of nitrogens with zero attached hydrogens (tertiary/aromatic N) is 1. The first-order valence-electron chi connectivity index (χ1n) is 10.0. The quantitative estimate of drug-likeness (QED) is 0.496. The fourth-order valence-electron chi connectivity index (χ4n) is 4.23. The molecule has 1 atom stereocenters. The first-order chi connectivity index (χ1) is 14.0. The second kappa shape index (κ2) is 8.30. The Kier molecular flexibility index (Phi) is 5.76. The molecule has 148 valence electrons. The van der Waals surface area contributed by atoms with Gasteiger partial charge in [0.15, 0.2) is 10.6 Å². The van der Waals surface area contributed by atoms with Crippen LogP contribution in [0.15, 0.2) is 59.1 Å². The van der Waals surface area contributed by atoms with Crippen molar-refractivity contribution in [3.8, 4) is 0 Å². The average molecular weight is 468 g/mol. The highest BCUT2D eigenvalue weighted by molar-refractivity contribution is 9.10. The van der Waals surface area contributed by atoms with E-state index in [1.165, 1.54) is 38.2 Å². The largest absolute Gasteiger partial charge is 0.372 e. The van der Waals surface area contributed by atoms with Gasteiger partial charge in [0.2, 0.25) is 5.91 Å². The van der Waals surface area contributed by atoms with Gasteiger partial charge in [0.05, 0.1) is 6.42 Å². The van der Waals surface area contributed by atoms with Crippen LogP contribution in [0.25, 0.3) is 10.8 Å². The van der Waals surface area contributed by atoms with Crippen molar-refractivity contribution in [3.63, 3.8) is 0 Å². The molecule has 5 heteroatoms. The molecule has 2 N–H and O–H groups in total. The number of primary amides is 1. The number of amides is 1. The van der Waals surface area contributed by atoms with Crippen LogP contribution in [0.2, 0.25) is 0 Å². The number of hydrogen-bond donors (Lipinski definition) is 1. The fourth-order valence-corrected chi connectivity index (χ4v) is 7.54. The predicted molar refractivity (Wildman–Crippen MR) is 130 cm³/mol. The third-order valence-electron chi connectivity index (χ3n) is 5.63. The summed E-state index contributed by atoms with van der Waals surface area (Å²) in [6.07, 6.45) is 1.21. The number of benzene rings is 3. The van der Waals surface area contributed by atoms with Gasteiger partial charge in [-0.2, -0.15) is 0 Å². The van der Waals surface area contributed by atoms with Crippen LogP contribution in [0, 0.1) is 0 Å². The lowest BCUT2D eigenvalue weighted by Gasteiger charge is -2.21. The van der Waals surface area contributed by atoms with E-state index >= 15 is 0 Å². The van der Waals surface area contributed by atoms with E-state index in [2.05, 4.69) is 89.3 Å². The molecule has 1 aliphatic rings. The lowest BCUT2D eigenvalue weighted by molar-refractivity contribution is -0.117. The molecule has 0 aliphatic carbocycles. The first kappa shape index (κ1) is 20.1. The van der Waals surface area contributed by atoms with Crippen molar-refractivity contribution in [2.45, 2.75) is 20.3 Å². The van der Waals surface area contributed by atoms with Crippen molar-refractivity contribution in [2.75, 3.05) is 24.2 Å². The molecule has 1 aliphatic heterocycles. The Bertz CT molecular complexity index is 1120. The lowest BCUT2D eigenvalue weighted by Crippen LogP contribution is -2.21. The molecule has 0 saturated heterocycles. The first-order valence-corrected chi connectivity index (χ1v) is 12.4.